The van der Waals surface area contributed by atoms with Crippen molar-refractivity contribution in [2.45, 2.75) is 39.6 Å². The number of rotatable bonds is 3. The Labute approximate surface area is 149 Å². The summed E-state index contributed by atoms with van der Waals surface area (Å²) in [6.45, 7) is 6.41. The molecule has 8 heteroatoms. The number of aryl methyl sites for hydroxylation is 1. The number of aliphatic hydroxyl groups excluding tert-OH is 1. The van der Waals surface area contributed by atoms with Crippen LogP contribution in [0.3, 0.4) is 0 Å². The number of anilines is 1. The van der Waals surface area contributed by atoms with Crippen LogP contribution in [0.25, 0.3) is 22.4 Å². The van der Waals surface area contributed by atoms with E-state index in [1.807, 2.05) is 18.7 Å². The predicted molar refractivity (Wildman–Crippen MR) is 92.3 cm³/mol. The van der Waals surface area contributed by atoms with Crippen LogP contribution in [-0.2, 0) is 11.3 Å². The Morgan fingerprint density at radius 2 is 1.92 bits per heavy atom. The smallest absolute Gasteiger partial charge is 0.205 e. The number of aliphatic hydroxyl groups is 1. The van der Waals surface area contributed by atoms with Gasteiger partial charge in [0.25, 0.3) is 0 Å². The molecule has 1 saturated heterocycles. The molecule has 1 aliphatic heterocycles. The van der Waals surface area contributed by atoms with Gasteiger partial charge in [0.15, 0.2) is 5.82 Å². The Balaban J connectivity index is 1.86. The highest BCUT2D eigenvalue weighted by atomic mass is 19.1. The third-order valence-corrected chi connectivity index (χ3v) is 4.53. The number of fused-ring (bicyclic) bond motifs is 1. The molecule has 0 spiro atoms. The van der Waals surface area contributed by atoms with E-state index in [2.05, 4.69) is 10.3 Å². The van der Waals surface area contributed by atoms with Gasteiger partial charge in [-0.15, -0.1) is 0 Å². The SMILES string of the molecule is Cc1cc(-c2noc3c(F)c(N4CC(C)OC(C)C4)c(CO)cc23)no1. The molecule has 26 heavy (non-hydrogen) atoms. The Morgan fingerprint density at radius 1 is 1.19 bits per heavy atom. The normalized spacial score (nSPS) is 20.9. The number of morpholine rings is 1. The predicted octanol–water partition coefficient (Wildman–Crippen LogP) is 3.04. The summed E-state index contributed by atoms with van der Waals surface area (Å²) in [5.74, 6) is 0.0822. The molecular weight excluding hydrogens is 341 g/mol. The molecular formula is C18H20FN3O4. The third kappa shape index (κ3) is 2.75. The lowest BCUT2D eigenvalue weighted by molar-refractivity contribution is -0.00549. The maximum Gasteiger partial charge on any atom is 0.205 e. The van der Waals surface area contributed by atoms with Gasteiger partial charge < -0.3 is 23.8 Å². The van der Waals surface area contributed by atoms with E-state index < -0.39 is 5.82 Å². The minimum Gasteiger partial charge on any atom is -0.392 e. The Hall–Kier alpha value is -2.45. The third-order valence-electron chi connectivity index (χ3n) is 4.53. The quantitative estimate of drug-likeness (QED) is 0.767. The molecule has 0 bridgehead atoms. The number of halogens is 1. The standard InChI is InChI=1S/C18H20FN3O4/c1-9-4-14(20-25-9)16-13-5-12(8-23)17(15(19)18(13)26-21-16)22-6-10(2)24-11(3)7-22/h4-5,10-11,23H,6-8H2,1-3H3. The molecule has 1 fully saturated rings. The first-order valence-electron chi connectivity index (χ1n) is 8.53. The van der Waals surface area contributed by atoms with Crippen LogP contribution < -0.4 is 4.90 Å². The lowest BCUT2D eigenvalue weighted by atomic mass is 10.0. The largest absolute Gasteiger partial charge is 0.392 e. The van der Waals surface area contributed by atoms with E-state index in [4.69, 9.17) is 13.8 Å². The molecule has 138 valence electrons. The molecule has 1 aromatic carbocycles. The maximum absolute atomic E-state index is 15.3. The molecule has 0 aliphatic carbocycles. The lowest BCUT2D eigenvalue weighted by Gasteiger charge is -2.37. The summed E-state index contributed by atoms with van der Waals surface area (Å²) in [5.41, 5.74) is 1.70. The average molecular weight is 361 g/mol. The minimum absolute atomic E-state index is 0.0382. The molecule has 2 aromatic heterocycles. The second-order valence-corrected chi connectivity index (χ2v) is 6.75. The fraction of sp³-hybridized carbons (Fsp3) is 0.444. The van der Waals surface area contributed by atoms with Crippen molar-refractivity contribution >= 4 is 16.7 Å². The van der Waals surface area contributed by atoms with E-state index in [0.717, 1.165) is 0 Å². The van der Waals surface area contributed by atoms with Crippen LogP contribution in [0.15, 0.2) is 21.2 Å². The topological polar surface area (TPSA) is 84.8 Å². The summed E-state index contributed by atoms with van der Waals surface area (Å²) in [6.07, 6.45) is -0.0763. The molecule has 1 N–H and O–H groups in total. The summed E-state index contributed by atoms with van der Waals surface area (Å²) >= 11 is 0. The Morgan fingerprint density at radius 3 is 2.54 bits per heavy atom. The van der Waals surface area contributed by atoms with Crippen LogP contribution in [-0.4, -0.2) is 40.7 Å². The van der Waals surface area contributed by atoms with Gasteiger partial charge in [-0.25, -0.2) is 4.39 Å². The molecule has 3 aromatic rings. The number of benzene rings is 1. The number of nitrogens with zero attached hydrogens (tertiary/aromatic N) is 3. The Kier molecular flexibility index (Phi) is 4.16. The molecule has 0 amide bonds. The zero-order chi connectivity index (χ0) is 18.4. The summed E-state index contributed by atoms with van der Waals surface area (Å²) in [7, 11) is 0. The van der Waals surface area contributed by atoms with Gasteiger partial charge in [0.1, 0.15) is 17.1 Å². The van der Waals surface area contributed by atoms with Crippen molar-refractivity contribution in [2.75, 3.05) is 18.0 Å². The van der Waals surface area contributed by atoms with E-state index >= 15 is 4.39 Å². The van der Waals surface area contributed by atoms with Crippen molar-refractivity contribution in [1.82, 2.24) is 10.3 Å². The second kappa shape index (κ2) is 6.37. The fourth-order valence-corrected chi connectivity index (χ4v) is 3.57. The number of ether oxygens (including phenoxy) is 1. The second-order valence-electron chi connectivity index (χ2n) is 6.75. The number of hydrogen-bond donors (Lipinski definition) is 1. The first-order chi connectivity index (χ1) is 12.5. The monoisotopic (exact) mass is 361 g/mol. The molecule has 0 radical (unpaired) electrons. The summed E-state index contributed by atoms with van der Waals surface area (Å²) in [6, 6.07) is 3.40. The highest BCUT2D eigenvalue weighted by Gasteiger charge is 2.29. The zero-order valence-corrected chi connectivity index (χ0v) is 14.8. The van der Waals surface area contributed by atoms with Gasteiger partial charge in [-0.1, -0.05) is 10.3 Å². The fourth-order valence-electron chi connectivity index (χ4n) is 3.57. The van der Waals surface area contributed by atoms with Crippen LogP contribution in [0, 0.1) is 12.7 Å². The van der Waals surface area contributed by atoms with Crippen molar-refractivity contribution < 1.29 is 23.3 Å². The van der Waals surface area contributed by atoms with Gasteiger partial charge >= 0.3 is 0 Å². The average Bonchev–Trinajstić information content (AvgIpc) is 3.19. The highest BCUT2D eigenvalue weighted by molar-refractivity contribution is 5.94. The van der Waals surface area contributed by atoms with Crippen molar-refractivity contribution in [2.24, 2.45) is 0 Å². The van der Waals surface area contributed by atoms with E-state index in [-0.39, 0.29) is 24.4 Å². The first kappa shape index (κ1) is 17.0. The zero-order valence-electron chi connectivity index (χ0n) is 14.8. The van der Waals surface area contributed by atoms with Gasteiger partial charge in [0.05, 0.1) is 29.9 Å². The summed E-state index contributed by atoms with van der Waals surface area (Å²) in [4.78, 5) is 1.89. The number of aromatic nitrogens is 2. The van der Waals surface area contributed by atoms with Gasteiger partial charge in [-0.05, 0) is 26.8 Å². The van der Waals surface area contributed by atoms with Crippen LogP contribution in [0.5, 0.6) is 0 Å². The highest BCUT2D eigenvalue weighted by Crippen LogP contribution is 2.37. The van der Waals surface area contributed by atoms with E-state index in [0.29, 0.717) is 46.9 Å². The molecule has 3 heterocycles. The van der Waals surface area contributed by atoms with Gasteiger partial charge in [-0.2, -0.15) is 0 Å². The molecule has 4 rings (SSSR count). The minimum atomic E-state index is -0.535. The van der Waals surface area contributed by atoms with Crippen molar-refractivity contribution in [1.29, 1.82) is 0 Å². The van der Waals surface area contributed by atoms with Crippen LogP contribution in [0.2, 0.25) is 0 Å². The van der Waals surface area contributed by atoms with Crippen molar-refractivity contribution in [3.63, 3.8) is 0 Å². The number of hydrogen-bond acceptors (Lipinski definition) is 7. The summed E-state index contributed by atoms with van der Waals surface area (Å²) < 4.78 is 31.4. The van der Waals surface area contributed by atoms with Crippen LogP contribution >= 0.6 is 0 Å². The summed E-state index contributed by atoms with van der Waals surface area (Å²) in [5, 5.41) is 18.2. The van der Waals surface area contributed by atoms with Gasteiger partial charge in [0, 0.05) is 24.7 Å². The van der Waals surface area contributed by atoms with Gasteiger partial charge in [0.2, 0.25) is 5.58 Å². The van der Waals surface area contributed by atoms with E-state index in [1.165, 1.54) is 0 Å². The first-order valence-corrected chi connectivity index (χ1v) is 8.53. The maximum atomic E-state index is 15.3. The van der Waals surface area contributed by atoms with Crippen LogP contribution in [0.1, 0.15) is 25.2 Å². The molecule has 1 aliphatic rings. The van der Waals surface area contributed by atoms with E-state index in [9.17, 15) is 5.11 Å². The van der Waals surface area contributed by atoms with Crippen molar-refractivity contribution in [3.8, 4) is 11.4 Å². The van der Waals surface area contributed by atoms with Crippen LogP contribution in [0.4, 0.5) is 10.1 Å². The van der Waals surface area contributed by atoms with Gasteiger partial charge in [-0.3, -0.25) is 0 Å². The lowest BCUT2D eigenvalue weighted by Crippen LogP contribution is -2.46. The van der Waals surface area contributed by atoms with Crippen molar-refractivity contribution in [3.05, 3.63) is 29.3 Å². The Bertz CT molecular complexity index is 941. The molecule has 0 saturated carbocycles. The van der Waals surface area contributed by atoms with E-state index in [1.54, 1.807) is 19.1 Å². The molecule has 2 unspecified atom stereocenters. The molecule has 2 atom stereocenters. The molecule has 7 nitrogen and oxygen atoms in total.